The highest BCUT2D eigenvalue weighted by Crippen LogP contribution is 2.37. The fourth-order valence-electron chi connectivity index (χ4n) is 2.63. The summed E-state index contributed by atoms with van der Waals surface area (Å²) < 4.78 is 0. The number of ketones is 1. The van der Waals surface area contributed by atoms with Crippen LogP contribution in [0, 0.1) is 5.92 Å². The third-order valence-corrected chi connectivity index (χ3v) is 3.59. The van der Waals surface area contributed by atoms with Gasteiger partial charge in [-0.05, 0) is 17.5 Å². The summed E-state index contributed by atoms with van der Waals surface area (Å²) in [6, 6.07) is 16.9. The number of rotatable bonds is 2. The molecule has 2 heteroatoms. The number of Topliss-reactive ketones (excluding diaryl/α,β-unsaturated/α-hetero) is 1. The molecule has 2 aromatic carbocycles. The van der Waals surface area contributed by atoms with Crippen molar-refractivity contribution < 1.29 is 9.90 Å². The van der Waals surface area contributed by atoms with Crippen LogP contribution in [0.3, 0.4) is 0 Å². The number of aliphatic hydroxyl groups is 1. The fourth-order valence-corrected chi connectivity index (χ4v) is 2.63. The molecule has 0 unspecified atom stereocenters. The van der Waals surface area contributed by atoms with Gasteiger partial charge in [-0.1, -0.05) is 54.6 Å². The fraction of sp³-hybridized carbons (Fsp3) is 0.188. The summed E-state index contributed by atoms with van der Waals surface area (Å²) in [4.78, 5) is 12.4. The Morgan fingerprint density at radius 2 is 1.67 bits per heavy atom. The van der Waals surface area contributed by atoms with Gasteiger partial charge in [0.05, 0.1) is 12.0 Å². The number of hydrogen-bond donors (Lipinski definition) is 1. The van der Waals surface area contributed by atoms with Gasteiger partial charge < -0.3 is 5.11 Å². The predicted octanol–water partition coefficient (Wildman–Crippen LogP) is 2.78. The average molecular weight is 238 g/mol. The van der Waals surface area contributed by atoms with Crippen LogP contribution >= 0.6 is 0 Å². The van der Waals surface area contributed by atoms with Gasteiger partial charge in [0.15, 0.2) is 5.78 Å². The van der Waals surface area contributed by atoms with Gasteiger partial charge in [-0.25, -0.2) is 0 Å². The Labute approximate surface area is 106 Å². The van der Waals surface area contributed by atoms with E-state index in [-0.39, 0.29) is 11.7 Å². The van der Waals surface area contributed by atoms with Gasteiger partial charge in [-0.15, -0.1) is 0 Å². The summed E-state index contributed by atoms with van der Waals surface area (Å²) in [6.45, 7) is 0. The maximum Gasteiger partial charge on any atom is 0.169 e. The Kier molecular flexibility index (Phi) is 2.73. The van der Waals surface area contributed by atoms with Crippen LogP contribution in [-0.2, 0) is 6.42 Å². The second kappa shape index (κ2) is 4.39. The summed E-state index contributed by atoms with van der Waals surface area (Å²) in [5.74, 6) is -0.316. The molecule has 0 amide bonds. The van der Waals surface area contributed by atoms with Gasteiger partial charge in [-0.3, -0.25) is 4.79 Å². The zero-order valence-corrected chi connectivity index (χ0v) is 9.91. The van der Waals surface area contributed by atoms with Crippen molar-refractivity contribution in [1.82, 2.24) is 0 Å². The Morgan fingerprint density at radius 1 is 1.00 bits per heavy atom. The Balaban J connectivity index is 1.91. The van der Waals surface area contributed by atoms with E-state index in [1.807, 2.05) is 42.5 Å². The second-order valence-corrected chi connectivity index (χ2v) is 4.68. The molecule has 0 bridgehead atoms. The summed E-state index contributed by atoms with van der Waals surface area (Å²) in [5, 5.41) is 10.3. The van der Waals surface area contributed by atoms with E-state index in [1.165, 1.54) is 0 Å². The van der Waals surface area contributed by atoms with Crippen LogP contribution in [0.1, 0.15) is 27.6 Å². The van der Waals surface area contributed by atoms with E-state index in [9.17, 15) is 9.90 Å². The minimum absolute atomic E-state index is 0.0271. The maximum atomic E-state index is 12.4. The molecule has 2 atom stereocenters. The molecule has 0 fully saturated rings. The lowest BCUT2D eigenvalue weighted by Gasteiger charge is -2.13. The van der Waals surface area contributed by atoms with Crippen LogP contribution in [0.25, 0.3) is 0 Å². The number of hydrogen-bond acceptors (Lipinski definition) is 2. The third-order valence-electron chi connectivity index (χ3n) is 3.59. The summed E-state index contributed by atoms with van der Waals surface area (Å²) in [6.07, 6.45) is -0.0423. The van der Waals surface area contributed by atoms with Gasteiger partial charge in [0.2, 0.25) is 0 Å². The normalized spacial score (nSPS) is 21.6. The SMILES string of the molecule is O=C(c1ccccc1)[C@@H]1Cc2ccccc2[C@@H]1O. The van der Waals surface area contributed by atoms with Crippen molar-refractivity contribution in [3.05, 3.63) is 71.3 Å². The summed E-state index contributed by atoms with van der Waals surface area (Å²) in [7, 11) is 0. The number of aliphatic hydroxyl groups excluding tert-OH is 1. The first-order chi connectivity index (χ1) is 8.77. The van der Waals surface area contributed by atoms with E-state index < -0.39 is 6.10 Å². The van der Waals surface area contributed by atoms with Gasteiger partial charge in [0.25, 0.3) is 0 Å². The quantitative estimate of drug-likeness (QED) is 0.817. The standard InChI is InChI=1S/C16H14O2/c17-15(11-6-2-1-3-7-11)14-10-12-8-4-5-9-13(12)16(14)18/h1-9,14,16,18H,10H2/t14-,16-/m0/s1. The van der Waals surface area contributed by atoms with Crippen molar-refractivity contribution >= 4 is 5.78 Å². The third kappa shape index (κ3) is 1.75. The lowest BCUT2D eigenvalue weighted by atomic mass is 9.93. The molecule has 1 aliphatic carbocycles. The second-order valence-electron chi connectivity index (χ2n) is 4.68. The van der Waals surface area contributed by atoms with Crippen molar-refractivity contribution in [2.24, 2.45) is 5.92 Å². The smallest absolute Gasteiger partial charge is 0.169 e. The van der Waals surface area contributed by atoms with E-state index in [4.69, 9.17) is 0 Å². The van der Waals surface area contributed by atoms with Crippen molar-refractivity contribution in [2.45, 2.75) is 12.5 Å². The molecule has 3 rings (SSSR count). The van der Waals surface area contributed by atoms with E-state index in [1.54, 1.807) is 12.1 Å². The minimum Gasteiger partial charge on any atom is -0.388 e. The molecule has 0 saturated carbocycles. The Bertz CT molecular complexity index is 575. The van der Waals surface area contributed by atoms with Crippen molar-refractivity contribution in [3.63, 3.8) is 0 Å². The molecule has 18 heavy (non-hydrogen) atoms. The molecule has 90 valence electrons. The lowest BCUT2D eigenvalue weighted by molar-refractivity contribution is 0.0725. The van der Waals surface area contributed by atoms with Gasteiger partial charge in [0, 0.05) is 5.56 Å². The van der Waals surface area contributed by atoms with Crippen molar-refractivity contribution in [2.75, 3.05) is 0 Å². The van der Waals surface area contributed by atoms with Crippen LogP contribution in [0.4, 0.5) is 0 Å². The van der Waals surface area contributed by atoms with Gasteiger partial charge >= 0.3 is 0 Å². The van der Waals surface area contributed by atoms with Crippen LogP contribution in [-0.4, -0.2) is 10.9 Å². The molecule has 1 N–H and O–H groups in total. The minimum atomic E-state index is -0.672. The van der Waals surface area contributed by atoms with Gasteiger partial charge in [0.1, 0.15) is 0 Å². The zero-order chi connectivity index (χ0) is 12.5. The van der Waals surface area contributed by atoms with Crippen LogP contribution in [0.2, 0.25) is 0 Å². The first-order valence-electron chi connectivity index (χ1n) is 6.12. The highest BCUT2D eigenvalue weighted by atomic mass is 16.3. The summed E-state index contributed by atoms with van der Waals surface area (Å²) >= 11 is 0. The molecule has 0 radical (unpaired) electrons. The highest BCUT2D eigenvalue weighted by Gasteiger charge is 2.35. The molecule has 0 saturated heterocycles. The van der Waals surface area contributed by atoms with Crippen molar-refractivity contribution in [1.29, 1.82) is 0 Å². The average Bonchev–Trinajstić information content (AvgIpc) is 2.77. The summed E-state index contributed by atoms with van der Waals surface area (Å²) in [5.41, 5.74) is 2.65. The Hall–Kier alpha value is -1.93. The van der Waals surface area contributed by atoms with E-state index in [2.05, 4.69) is 0 Å². The van der Waals surface area contributed by atoms with E-state index >= 15 is 0 Å². The molecule has 2 nitrogen and oxygen atoms in total. The van der Waals surface area contributed by atoms with Crippen LogP contribution in [0.15, 0.2) is 54.6 Å². The molecule has 0 aliphatic heterocycles. The zero-order valence-electron chi connectivity index (χ0n) is 9.91. The number of fused-ring (bicyclic) bond motifs is 1. The van der Waals surface area contributed by atoms with Crippen LogP contribution < -0.4 is 0 Å². The predicted molar refractivity (Wildman–Crippen MR) is 69.4 cm³/mol. The first kappa shape index (κ1) is 11.2. The van der Waals surface area contributed by atoms with E-state index in [0.29, 0.717) is 12.0 Å². The number of benzene rings is 2. The van der Waals surface area contributed by atoms with Gasteiger partial charge in [-0.2, -0.15) is 0 Å². The molecule has 1 aliphatic rings. The first-order valence-corrected chi connectivity index (χ1v) is 6.12. The Morgan fingerprint density at radius 3 is 2.39 bits per heavy atom. The number of carbonyl (C=O) groups excluding carboxylic acids is 1. The molecular formula is C16H14O2. The van der Waals surface area contributed by atoms with Crippen LogP contribution in [0.5, 0.6) is 0 Å². The molecule has 2 aromatic rings. The molecule has 0 spiro atoms. The largest absolute Gasteiger partial charge is 0.388 e. The topological polar surface area (TPSA) is 37.3 Å². The highest BCUT2D eigenvalue weighted by molar-refractivity contribution is 5.98. The lowest BCUT2D eigenvalue weighted by Crippen LogP contribution is -2.19. The molecular weight excluding hydrogens is 224 g/mol. The van der Waals surface area contributed by atoms with Crippen molar-refractivity contribution in [3.8, 4) is 0 Å². The number of carbonyl (C=O) groups is 1. The molecule has 0 aromatic heterocycles. The molecule has 0 heterocycles. The van der Waals surface area contributed by atoms with E-state index in [0.717, 1.165) is 11.1 Å². The monoisotopic (exact) mass is 238 g/mol. The maximum absolute atomic E-state index is 12.4.